The van der Waals surface area contributed by atoms with Gasteiger partial charge in [0.1, 0.15) is 17.8 Å². The molecule has 30 heavy (non-hydrogen) atoms. The summed E-state index contributed by atoms with van der Waals surface area (Å²) in [6.45, 7) is -0.0225. The number of halogens is 3. The first-order valence-corrected chi connectivity index (χ1v) is 10.2. The molecule has 1 fully saturated rings. The minimum Gasteiger partial charge on any atom is -0.465 e. The van der Waals surface area contributed by atoms with Gasteiger partial charge in [0.05, 0.1) is 12.6 Å². The van der Waals surface area contributed by atoms with Crippen LogP contribution in [-0.4, -0.2) is 59.5 Å². The van der Waals surface area contributed by atoms with Gasteiger partial charge in [-0.05, 0) is 36.1 Å². The van der Waals surface area contributed by atoms with Crippen LogP contribution < -0.4 is 4.18 Å². The smallest absolute Gasteiger partial charge is 0.465 e. The lowest BCUT2D eigenvalue weighted by Gasteiger charge is -2.36. The highest BCUT2D eigenvalue weighted by Crippen LogP contribution is 2.32. The fourth-order valence-corrected chi connectivity index (χ4v) is 4.02. The van der Waals surface area contributed by atoms with Crippen LogP contribution >= 0.6 is 0 Å². The second-order valence-corrected chi connectivity index (χ2v) is 8.40. The Labute approximate surface area is 169 Å². The van der Waals surface area contributed by atoms with Crippen molar-refractivity contribution in [3.63, 3.8) is 0 Å². The monoisotopic (exact) mass is 447 g/mol. The number of carboxylic acid groups (broad SMARTS) is 1. The van der Waals surface area contributed by atoms with E-state index in [1.807, 2.05) is 6.07 Å². The highest BCUT2D eigenvalue weighted by molar-refractivity contribution is 7.88. The molecule has 2 atom stereocenters. The minimum atomic E-state index is -5.87. The van der Waals surface area contributed by atoms with Crippen molar-refractivity contribution >= 4 is 22.1 Å². The number of rotatable bonds is 3. The summed E-state index contributed by atoms with van der Waals surface area (Å²) in [6, 6.07) is 3.57. The molecular weight excluding hydrogens is 431 g/mol. The molecule has 1 aromatic rings. The Morgan fingerprint density at radius 2 is 1.93 bits per heavy atom. The third-order valence-electron chi connectivity index (χ3n) is 5.01. The zero-order chi connectivity index (χ0) is 22.3. The fraction of sp³-hybridized carbons (Fsp3) is 0.471. The van der Waals surface area contributed by atoms with E-state index in [1.54, 1.807) is 0 Å². The number of fused-ring (bicyclic) bond motifs is 1. The van der Waals surface area contributed by atoms with Gasteiger partial charge in [-0.3, -0.25) is 9.69 Å². The number of benzene rings is 1. The van der Waals surface area contributed by atoms with E-state index in [4.69, 9.17) is 0 Å². The van der Waals surface area contributed by atoms with Gasteiger partial charge in [-0.15, -0.1) is 0 Å². The maximum atomic E-state index is 12.9. The van der Waals surface area contributed by atoms with Crippen molar-refractivity contribution in [1.82, 2.24) is 9.80 Å². The molecule has 9 nitrogen and oxygen atoms in total. The van der Waals surface area contributed by atoms with Gasteiger partial charge < -0.3 is 14.2 Å². The van der Waals surface area contributed by atoms with Gasteiger partial charge in [0.15, 0.2) is 0 Å². The number of nitriles is 1. The van der Waals surface area contributed by atoms with Gasteiger partial charge >= 0.3 is 21.7 Å². The first-order chi connectivity index (χ1) is 13.9. The summed E-state index contributed by atoms with van der Waals surface area (Å²) in [4.78, 5) is 26.8. The Hall–Kier alpha value is -3.01. The van der Waals surface area contributed by atoms with Crippen molar-refractivity contribution in [2.24, 2.45) is 0 Å². The number of hydrogen-bond donors (Lipinski definition) is 1. The Bertz CT molecular complexity index is 1020. The van der Waals surface area contributed by atoms with E-state index >= 15 is 0 Å². The Morgan fingerprint density at radius 1 is 1.23 bits per heavy atom. The molecule has 1 N–H and O–H groups in total. The van der Waals surface area contributed by atoms with Gasteiger partial charge in [-0.2, -0.15) is 26.9 Å². The molecule has 0 aromatic heterocycles. The molecule has 13 heteroatoms. The lowest BCUT2D eigenvalue weighted by molar-refractivity contribution is -0.136. The molecule has 2 aliphatic rings. The molecule has 2 amide bonds. The summed E-state index contributed by atoms with van der Waals surface area (Å²) in [7, 11) is -5.87. The van der Waals surface area contributed by atoms with Crippen LogP contribution in [0.5, 0.6) is 5.75 Å². The molecule has 2 heterocycles. The first-order valence-electron chi connectivity index (χ1n) is 8.77. The number of likely N-dealkylation sites (tertiary alicyclic amines) is 1. The Morgan fingerprint density at radius 3 is 2.53 bits per heavy atom. The van der Waals surface area contributed by atoms with Crippen molar-refractivity contribution in [3.05, 3.63) is 29.3 Å². The van der Waals surface area contributed by atoms with Crippen LogP contribution in [0.2, 0.25) is 0 Å². The average molecular weight is 447 g/mol. The topological polar surface area (TPSA) is 128 Å². The number of nitrogens with zero attached hydrogens (tertiary/aromatic N) is 3. The van der Waals surface area contributed by atoms with Crippen LogP contribution in [-0.2, 0) is 27.9 Å². The van der Waals surface area contributed by atoms with Crippen molar-refractivity contribution in [3.8, 4) is 11.8 Å². The van der Waals surface area contributed by atoms with Crippen LogP contribution in [0.1, 0.15) is 24.0 Å². The number of hydrogen-bond acceptors (Lipinski definition) is 6. The van der Waals surface area contributed by atoms with Crippen LogP contribution in [0, 0.1) is 11.3 Å². The predicted molar refractivity (Wildman–Crippen MR) is 93.5 cm³/mol. The highest BCUT2D eigenvalue weighted by atomic mass is 32.2. The van der Waals surface area contributed by atoms with Crippen LogP contribution in [0.15, 0.2) is 18.2 Å². The normalized spacial score (nSPS) is 21.7. The van der Waals surface area contributed by atoms with Crippen LogP contribution in [0.25, 0.3) is 0 Å². The summed E-state index contributed by atoms with van der Waals surface area (Å²) >= 11 is 0. The summed E-state index contributed by atoms with van der Waals surface area (Å²) in [5, 5.41) is 18.7. The number of alkyl halides is 3. The van der Waals surface area contributed by atoms with Crippen LogP contribution in [0.3, 0.4) is 0 Å². The third kappa shape index (κ3) is 4.00. The maximum absolute atomic E-state index is 12.9. The number of carbonyl (C=O) groups excluding carboxylic acids is 1. The van der Waals surface area contributed by atoms with Gasteiger partial charge in [0.25, 0.3) is 0 Å². The highest BCUT2D eigenvalue weighted by Gasteiger charge is 2.48. The van der Waals surface area contributed by atoms with E-state index in [0.29, 0.717) is 24.9 Å². The lowest BCUT2D eigenvalue weighted by Crippen LogP contribution is -2.54. The second-order valence-electron chi connectivity index (χ2n) is 6.86. The molecule has 0 bridgehead atoms. The SMILES string of the molecule is N#C[C@@H]1CCCN1C(=O)[C@@H]1Cc2ccc(OS(=O)(=O)C(F)(F)F)cc2CN1C(=O)O. The van der Waals surface area contributed by atoms with Crippen molar-refractivity contribution in [1.29, 1.82) is 5.26 Å². The first kappa shape index (κ1) is 21.7. The molecule has 162 valence electrons. The fourth-order valence-electron chi connectivity index (χ4n) is 3.56. The molecular formula is C17H16F3N3O6S. The van der Waals surface area contributed by atoms with Gasteiger partial charge in [-0.25, -0.2) is 4.79 Å². The largest absolute Gasteiger partial charge is 0.534 e. The molecule has 3 rings (SSSR count). The minimum absolute atomic E-state index is 0.0680. The number of carbonyl (C=O) groups is 2. The lowest BCUT2D eigenvalue weighted by atomic mass is 9.93. The molecule has 1 saturated heterocycles. The Kier molecular flexibility index (Phi) is 5.55. The van der Waals surface area contributed by atoms with Crippen molar-refractivity contribution in [2.75, 3.05) is 6.54 Å². The van der Waals surface area contributed by atoms with Gasteiger partial charge in [0.2, 0.25) is 5.91 Å². The standard InChI is InChI=1S/C17H16F3N3O6S/c18-17(19,20)30(27,28)29-13-4-3-10-7-14(23(16(25)26)9-11(10)6-13)15(24)22-5-1-2-12(22)8-21/h3-4,6,12,14H,1-2,5,7,9H2,(H,25,26)/t12-,14-/m0/s1. The van der Waals surface area contributed by atoms with E-state index in [0.717, 1.165) is 17.0 Å². The van der Waals surface area contributed by atoms with E-state index in [1.165, 1.54) is 11.0 Å². The number of amides is 2. The van der Waals surface area contributed by atoms with Gasteiger partial charge in [-0.1, -0.05) is 6.07 Å². The molecule has 0 aliphatic carbocycles. The summed E-state index contributed by atoms with van der Waals surface area (Å²) in [5.74, 6) is -1.14. The van der Waals surface area contributed by atoms with E-state index in [9.17, 15) is 41.5 Å². The van der Waals surface area contributed by atoms with E-state index in [2.05, 4.69) is 4.18 Å². The Balaban J connectivity index is 1.88. The third-order valence-corrected chi connectivity index (χ3v) is 5.99. The average Bonchev–Trinajstić information content (AvgIpc) is 3.13. The molecule has 2 aliphatic heterocycles. The quantitative estimate of drug-likeness (QED) is 0.553. The zero-order valence-electron chi connectivity index (χ0n) is 15.3. The molecule has 1 aromatic carbocycles. The van der Waals surface area contributed by atoms with Gasteiger partial charge in [0, 0.05) is 13.0 Å². The van der Waals surface area contributed by atoms with E-state index < -0.39 is 45.5 Å². The maximum Gasteiger partial charge on any atom is 0.534 e. The zero-order valence-corrected chi connectivity index (χ0v) is 16.1. The predicted octanol–water partition coefficient (Wildman–Crippen LogP) is 1.83. The summed E-state index contributed by atoms with van der Waals surface area (Å²) in [6.07, 6.45) is -0.385. The molecule has 0 radical (unpaired) electrons. The summed E-state index contributed by atoms with van der Waals surface area (Å²) in [5.41, 5.74) is -4.93. The second kappa shape index (κ2) is 7.67. The molecule has 0 spiro atoms. The van der Waals surface area contributed by atoms with E-state index in [-0.39, 0.29) is 18.5 Å². The van der Waals surface area contributed by atoms with Crippen molar-refractivity contribution in [2.45, 2.75) is 43.4 Å². The van der Waals surface area contributed by atoms with Crippen LogP contribution in [0.4, 0.5) is 18.0 Å². The molecule has 0 saturated carbocycles. The summed E-state index contributed by atoms with van der Waals surface area (Å²) < 4.78 is 64.0. The van der Waals surface area contributed by atoms with Crippen molar-refractivity contribution < 1.29 is 40.5 Å². The molecule has 0 unspecified atom stereocenters.